The molecule has 2 aromatic heterocycles. The van der Waals surface area contributed by atoms with Crippen LogP contribution in [0.25, 0.3) is 43.6 Å². The Hall–Kier alpha value is -3.09. The van der Waals surface area contributed by atoms with Crippen molar-refractivity contribution in [3.8, 4) is 5.75 Å². The van der Waals surface area contributed by atoms with Gasteiger partial charge in [-0.05, 0) is 48.9 Å². The summed E-state index contributed by atoms with van der Waals surface area (Å²) in [4.78, 5) is 6.96. The number of guanidine groups is 1. The molecule has 0 saturated heterocycles. The van der Waals surface area contributed by atoms with Crippen molar-refractivity contribution in [2.45, 2.75) is 6.42 Å². The minimum Gasteiger partial charge on any atom is -0.489 e. The molecule has 2 heterocycles. The molecule has 0 atom stereocenters. The molecule has 0 radical (unpaired) electrons. The number of nitrogens with two attached hydrogens (primary N) is 1. The highest BCUT2D eigenvalue weighted by Crippen LogP contribution is 2.41. The maximum absolute atomic E-state index is 7.26. The summed E-state index contributed by atoms with van der Waals surface area (Å²) in [5.41, 5.74) is 9.16. The van der Waals surface area contributed by atoms with Crippen molar-refractivity contribution in [2.75, 3.05) is 13.2 Å². The largest absolute Gasteiger partial charge is 0.489 e. The Morgan fingerprint density at radius 2 is 1.47 bits per heavy atom. The fourth-order valence-electron chi connectivity index (χ4n) is 3.91. The van der Waals surface area contributed by atoms with Crippen molar-refractivity contribution in [1.82, 2.24) is 15.3 Å². The minimum absolute atomic E-state index is 0.0421. The Balaban J connectivity index is 1.71. The second-order valence-corrected chi connectivity index (χ2v) is 8.10. The van der Waals surface area contributed by atoms with Crippen molar-refractivity contribution >= 4 is 72.8 Å². The summed E-state index contributed by atoms with van der Waals surface area (Å²) >= 11 is 12.5. The van der Waals surface area contributed by atoms with Crippen LogP contribution < -0.4 is 15.8 Å². The van der Waals surface area contributed by atoms with Crippen LogP contribution in [0.15, 0.2) is 42.5 Å². The molecule has 0 spiro atoms. The molecule has 0 fully saturated rings. The maximum atomic E-state index is 7.26. The Labute approximate surface area is 181 Å². The molecule has 0 amide bonds. The number of benzene rings is 3. The number of hydrogen-bond donors (Lipinski definition) is 5. The number of halogens is 2. The predicted octanol–water partition coefficient (Wildman–Crippen LogP) is 5.51. The summed E-state index contributed by atoms with van der Waals surface area (Å²) in [7, 11) is 0. The average Bonchev–Trinajstić information content (AvgIpc) is 3.25. The fourth-order valence-corrected chi connectivity index (χ4v) is 4.26. The number of rotatable bonds is 5. The second-order valence-electron chi connectivity index (χ2n) is 7.22. The predicted molar refractivity (Wildman–Crippen MR) is 125 cm³/mol. The van der Waals surface area contributed by atoms with Gasteiger partial charge in [0.1, 0.15) is 0 Å². The van der Waals surface area contributed by atoms with Crippen LogP contribution in [0.3, 0.4) is 0 Å². The molecule has 152 valence electrons. The number of hydrogen-bond acceptors (Lipinski definition) is 2. The first-order chi connectivity index (χ1) is 14.5. The zero-order valence-electron chi connectivity index (χ0n) is 15.9. The SMILES string of the molecule is N=C(N)NCCCOc1c2[nH]c3ccc(Cl)cc3c2cc2c1[nH]c1ccc(Cl)cc12. The number of aromatic amines is 2. The van der Waals surface area contributed by atoms with E-state index in [0.717, 1.165) is 49.4 Å². The lowest BCUT2D eigenvalue weighted by Gasteiger charge is -2.10. The smallest absolute Gasteiger partial charge is 0.185 e. The summed E-state index contributed by atoms with van der Waals surface area (Å²) in [6.45, 7) is 1.04. The van der Waals surface area contributed by atoms with Crippen molar-refractivity contribution in [3.05, 3.63) is 52.5 Å². The van der Waals surface area contributed by atoms with Crippen molar-refractivity contribution in [2.24, 2.45) is 5.73 Å². The number of aromatic nitrogens is 2. The standard InChI is InChI=1S/C22H19Cl2N5O/c23-11-2-4-17-13(8-11)15-10-16-14-9-12(24)3-5-18(14)29-20(16)21(19(15)28-17)30-7-1-6-27-22(25)26/h2-5,8-10,28-29H,1,6-7H2,(H4,25,26,27). The molecule has 30 heavy (non-hydrogen) atoms. The van der Waals surface area contributed by atoms with Gasteiger partial charge < -0.3 is 25.8 Å². The second kappa shape index (κ2) is 7.31. The van der Waals surface area contributed by atoms with E-state index >= 15 is 0 Å². The number of fused-ring (bicyclic) bond motifs is 6. The van der Waals surface area contributed by atoms with Gasteiger partial charge in [0.2, 0.25) is 0 Å². The highest BCUT2D eigenvalue weighted by Gasteiger charge is 2.18. The third-order valence-electron chi connectivity index (χ3n) is 5.23. The quantitative estimate of drug-likeness (QED) is 0.141. The van der Waals surface area contributed by atoms with E-state index in [0.29, 0.717) is 29.6 Å². The van der Waals surface area contributed by atoms with Crippen molar-refractivity contribution < 1.29 is 4.74 Å². The van der Waals surface area contributed by atoms with E-state index in [1.807, 2.05) is 36.4 Å². The lowest BCUT2D eigenvalue weighted by Crippen LogP contribution is -2.31. The normalized spacial score (nSPS) is 11.7. The highest BCUT2D eigenvalue weighted by atomic mass is 35.5. The molecular weight excluding hydrogens is 421 g/mol. The van der Waals surface area contributed by atoms with Gasteiger partial charge >= 0.3 is 0 Å². The molecule has 0 unspecified atom stereocenters. The summed E-state index contributed by atoms with van der Waals surface area (Å²) in [6, 6.07) is 13.8. The van der Waals surface area contributed by atoms with Gasteiger partial charge in [-0.3, -0.25) is 5.41 Å². The van der Waals surface area contributed by atoms with Crippen LogP contribution in [0.1, 0.15) is 6.42 Å². The molecule has 8 heteroatoms. The molecular formula is C22H19Cl2N5O. The van der Waals surface area contributed by atoms with E-state index in [1.165, 1.54) is 0 Å². The van der Waals surface area contributed by atoms with Gasteiger partial charge in [0.05, 0.1) is 17.6 Å². The number of H-pyrrole nitrogens is 2. The Morgan fingerprint density at radius 3 is 2.00 bits per heavy atom. The van der Waals surface area contributed by atoms with Crippen LogP contribution in [-0.2, 0) is 0 Å². The summed E-state index contributed by atoms with van der Waals surface area (Å²) < 4.78 is 6.25. The Kier molecular flexibility index (Phi) is 4.60. The van der Waals surface area contributed by atoms with Crippen LogP contribution in [-0.4, -0.2) is 29.1 Å². The van der Waals surface area contributed by atoms with Gasteiger partial charge in [-0.15, -0.1) is 0 Å². The summed E-state index contributed by atoms with van der Waals surface area (Å²) in [5, 5.41) is 15.6. The monoisotopic (exact) mass is 439 g/mol. The summed E-state index contributed by atoms with van der Waals surface area (Å²) in [5.74, 6) is 0.712. The first-order valence-electron chi connectivity index (χ1n) is 9.57. The van der Waals surface area contributed by atoms with E-state index in [4.69, 9.17) is 39.1 Å². The van der Waals surface area contributed by atoms with Gasteiger partial charge in [-0.2, -0.15) is 0 Å². The van der Waals surface area contributed by atoms with Crippen LogP contribution in [0.2, 0.25) is 10.0 Å². The van der Waals surface area contributed by atoms with Gasteiger partial charge in [0.15, 0.2) is 11.7 Å². The fraction of sp³-hybridized carbons (Fsp3) is 0.136. The minimum atomic E-state index is -0.0421. The van der Waals surface area contributed by atoms with Crippen molar-refractivity contribution in [3.63, 3.8) is 0 Å². The number of ether oxygens (including phenoxy) is 1. The van der Waals surface area contributed by atoms with E-state index in [1.54, 1.807) is 0 Å². The van der Waals surface area contributed by atoms with Crippen LogP contribution in [0, 0.1) is 5.41 Å². The highest BCUT2D eigenvalue weighted by molar-refractivity contribution is 6.33. The first-order valence-corrected chi connectivity index (χ1v) is 10.3. The third-order valence-corrected chi connectivity index (χ3v) is 5.70. The molecule has 6 N–H and O–H groups in total. The first kappa shape index (κ1) is 18.9. The Morgan fingerprint density at radius 1 is 0.900 bits per heavy atom. The average molecular weight is 440 g/mol. The molecule has 5 aromatic rings. The van der Waals surface area contributed by atoms with E-state index in [2.05, 4.69) is 21.4 Å². The van der Waals surface area contributed by atoms with Gasteiger partial charge in [-0.25, -0.2) is 0 Å². The van der Waals surface area contributed by atoms with E-state index in [-0.39, 0.29) is 5.96 Å². The Bertz CT molecular complexity index is 1340. The topological polar surface area (TPSA) is 103 Å². The van der Waals surface area contributed by atoms with Crippen LogP contribution >= 0.6 is 23.2 Å². The van der Waals surface area contributed by atoms with Crippen molar-refractivity contribution in [1.29, 1.82) is 5.41 Å². The molecule has 0 aliphatic heterocycles. The zero-order valence-corrected chi connectivity index (χ0v) is 17.4. The summed E-state index contributed by atoms with van der Waals surface area (Å²) in [6.07, 6.45) is 0.704. The molecule has 6 nitrogen and oxygen atoms in total. The van der Waals surface area contributed by atoms with E-state index < -0.39 is 0 Å². The maximum Gasteiger partial charge on any atom is 0.185 e. The molecule has 0 aliphatic rings. The van der Waals surface area contributed by atoms with Gasteiger partial charge in [0, 0.05) is 49.2 Å². The van der Waals surface area contributed by atoms with Gasteiger partial charge in [0.25, 0.3) is 0 Å². The molecule has 0 bridgehead atoms. The molecule has 0 saturated carbocycles. The molecule has 5 rings (SSSR count). The molecule has 0 aliphatic carbocycles. The lowest BCUT2D eigenvalue weighted by atomic mass is 10.1. The van der Waals surface area contributed by atoms with E-state index in [9.17, 15) is 0 Å². The lowest BCUT2D eigenvalue weighted by molar-refractivity contribution is 0.317. The number of nitrogens with one attached hydrogen (secondary N) is 4. The van der Waals surface area contributed by atoms with Crippen LogP contribution in [0.4, 0.5) is 0 Å². The van der Waals surface area contributed by atoms with Crippen LogP contribution in [0.5, 0.6) is 5.75 Å². The third kappa shape index (κ3) is 3.18. The zero-order chi connectivity index (χ0) is 20.8. The van der Waals surface area contributed by atoms with Gasteiger partial charge in [-0.1, -0.05) is 23.2 Å². The molecule has 3 aromatic carbocycles.